The van der Waals surface area contributed by atoms with Crippen molar-refractivity contribution in [3.63, 3.8) is 0 Å². The van der Waals surface area contributed by atoms with Crippen molar-refractivity contribution in [2.24, 2.45) is 0 Å². The second-order valence-electron chi connectivity index (χ2n) is 8.02. The van der Waals surface area contributed by atoms with E-state index in [1.165, 1.54) is 0 Å². The molecule has 4 nitrogen and oxygen atoms in total. The number of aromatic nitrogens is 2. The lowest BCUT2D eigenvalue weighted by Crippen LogP contribution is -2.12. The fraction of sp³-hybridized carbons (Fsp3) is 0.292. The molecule has 0 N–H and O–H groups in total. The maximum atomic E-state index is 12.7. The molecule has 162 valence electrons. The van der Waals surface area contributed by atoms with Gasteiger partial charge >= 0.3 is 0 Å². The summed E-state index contributed by atoms with van der Waals surface area (Å²) in [7, 11) is -2.42. The number of Topliss-reactive ketones (excluding diaryl/α,β-unsaturated/α-hetero) is 1. The van der Waals surface area contributed by atoms with Gasteiger partial charge in [-0.2, -0.15) is 0 Å². The van der Waals surface area contributed by atoms with Gasteiger partial charge in [-0.3, -0.25) is 4.79 Å². The first-order valence-electron chi connectivity index (χ1n) is 9.97. The summed E-state index contributed by atoms with van der Waals surface area (Å²) < 4.78 is 12.7. The Labute approximate surface area is 193 Å². The number of ketones is 1. The first-order valence-corrected chi connectivity index (χ1v) is 13.5. The third-order valence-corrected chi connectivity index (χ3v) is 7.32. The number of aryl methyl sites for hydroxylation is 1. The van der Waals surface area contributed by atoms with Crippen LogP contribution in [0, 0.1) is 6.92 Å². The van der Waals surface area contributed by atoms with Crippen molar-refractivity contribution in [2.45, 2.75) is 26.2 Å². The van der Waals surface area contributed by atoms with Crippen molar-refractivity contribution in [1.82, 2.24) is 9.97 Å². The fourth-order valence-corrected chi connectivity index (χ4v) is 5.03. The SMILES string of the molecule is Cc1ccc(CC(=O)CCl)cc1Cc1ncc(Cl)c(Cc2ccccc2P(C)(C)=O)n1. The van der Waals surface area contributed by atoms with Crippen molar-refractivity contribution < 1.29 is 9.36 Å². The molecule has 1 aromatic heterocycles. The van der Waals surface area contributed by atoms with E-state index < -0.39 is 7.14 Å². The largest absolute Gasteiger partial charge is 0.319 e. The minimum Gasteiger partial charge on any atom is -0.319 e. The molecule has 0 radical (unpaired) electrons. The Morgan fingerprint density at radius 1 is 1.06 bits per heavy atom. The average Bonchev–Trinajstić information content (AvgIpc) is 2.72. The van der Waals surface area contributed by atoms with Gasteiger partial charge in [0.15, 0.2) is 5.78 Å². The number of nitrogens with zero attached hydrogens (tertiary/aromatic N) is 2. The number of halogens is 2. The van der Waals surface area contributed by atoms with E-state index in [1.807, 2.05) is 49.4 Å². The molecule has 0 bridgehead atoms. The second-order valence-corrected chi connectivity index (χ2v) is 11.9. The van der Waals surface area contributed by atoms with E-state index in [9.17, 15) is 9.36 Å². The Hall–Kier alpha value is -2.00. The Morgan fingerprint density at radius 3 is 2.52 bits per heavy atom. The van der Waals surface area contributed by atoms with E-state index >= 15 is 0 Å². The van der Waals surface area contributed by atoms with Gasteiger partial charge in [0, 0.05) is 30.8 Å². The quantitative estimate of drug-likeness (QED) is 0.331. The topological polar surface area (TPSA) is 59.9 Å². The van der Waals surface area contributed by atoms with E-state index in [0.29, 0.717) is 35.8 Å². The first-order chi connectivity index (χ1) is 14.7. The third kappa shape index (κ3) is 6.26. The molecule has 7 heteroatoms. The van der Waals surface area contributed by atoms with Crippen molar-refractivity contribution in [1.29, 1.82) is 0 Å². The van der Waals surface area contributed by atoms with Gasteiger partial charge in [0.05, 0.1) is 16.6 Å². The number of rotatable bonds is 8. The lowest BCUT2D eigenvalue weighted by atomic mass is 9.99. The molecule has 2 aromatic carbocycles. The smallest absolute Gasteiger partial charge is 0.151 e. The van der Waals surface area contributed by atoms with Crippen LogP contribution in [0.5, 0.6) is 0 Å². The molecule has 0 saturated carbocycles. The maximum absolute atomic E-state index is 12.7. The van der Waals surface area contributed by atoms with Gasteiger partial charge in [-0.25, -0.2) is 9.97 Å². The van der Waals surface area contributed by atoms with Crippen LogP contribution in [0.25, 0.3) is 0 Å². The van der Waals surface area contributed by atoms with Crippen molar-refractivity contribution in [3.8, 4) is 0 Å². The highest BCUT2D eigenvalue weighted by molar-refractivity contribution is 7.70. The molecule has 0 aliphatic rings. The highest BCUT2D eigenvalue weighted by atomic mass is 35.5. The summed E-state index contributed by atoms with van der Waals surface area (Å²) >= 11 is 12.0. The van der Waals surface area contributed by atoms with E-state index in [1.54, 1.807) is 19.5 Å². The summed E-state index contributed by atoms with van der Waals surface area (Å²) in [6, 6.07) is 13.7. The van der Waals surface area contributed by atoms with Gasteiger partial charge in [-0.05, 0) is 42.5 Å². The Kier molecular flexibility index (Phi) is 7.69. The van der Waals surface area contributed by atoms with Crippen LogP contribution >= 0.6 is 30.3 Å². The van der Waals surface area contributed by atoms with Crippen LogP contribution in [0.15, 0.2) is 48.7 Å². The summed E-state index contributed by atoms with van der Waals surface area (Å²) in [5.74, 6) is 0.651. The Morgan fingerprint density at radius 2 is 1.81 bits per heavy atom. The molecule has 3 rings (SSSR count). The van der Waals surface area contributed by atoms with Crippen LogP contribution in [-0.4, -0.2) is 35.0 Å². The number of carbonyl (C=O) groups excluding carboxylic acids is 1. The monoisotopic (exact) mass is 474 g/mol. The number of carbonyl (C=O) groups is 1. The van der Waals surface area contributed by atoms with Gasteiger partial charge in [0.25, 0.3) is 0 Å². The number of hydrogen-bond acceptors (Lipinski definition) is 4. The van der Waals surface area contributed by atoms with Gasteiger partial charge in [-0.1, -0.05) is 54.1 Å². The molecule has 0 spiro atoms. The maximum Gasteiger partial charge on any atom is 0.151 e. The minimum atomic E-state index is -2.42. The predicted molar refractivity (Wildman–Crippen MR) is 129 cm³/mol. The second kappa shape index (κ2) is 10.1. The molecule has 0 aliphatic carbocycles. The highest BCUT2D eigenvalue weighted by Crippen LogP contribution is 2.36. The molecule has 0 saturated heterocycles. The molecule has 0 unspecified atom stereocenters. The van der Waals surface area contributed by atoms with Gasteiger partial charge in [0.1, 0.15) is 13.0 Å². The molecule has 3 aromatic rings. The van der Waals surface area contributed by atoms with Crippen LogP contribution in [0.1, 0.15) is 33.8 Å². The standard InChI is InChI=1S/C24H25Cl2N2O2P/c1-16-8-9-17(11-20(29)14-25)10-19(16)13-24-27-15-21(26)22(28-24)12-18-6-4-5-7-23(18)31(2,3)30/h4-10,15H,11-14H2,1-3H3. The Bertz CT molecular complexity index is 1160. The predicted octanol–water partition coefficient (Wildman–Crippen LogP) is 5.22. The zero-order valence-electron chi connectivity index (χ0n) is 17.9. The number of benzene rings is 2. The zero-order valence-corrected chi connectivity index (χ0v) is 20.3. The molecule has 0 atom stereocenters. The first kappa shape index (κ1) is 23.7. The average molecular weight is 475 g/mol. The molecule has 0 amide bonds. The third-order valence-electron chi connectivity index (χ3n) is 5.11. The van der Waals surface area contributed by atoms with Crippen molar-refractivity contribution >= 4 is 41.4 Å². The summed E-state index contributed by atoms with van der Waals surface area (Å²) in [6.45, 7) is 5.56. The van der Waals surface area contributed by atoms with Gasteiger partial charge < -0.3 is 4.57 Å². The van der Waals surface area contributed by atoms with Gasteiger partial charge in [0.2, 0.25) is 0 Å². The van der Waals surface area contributed by atoms with E-state index in [0.717, 1.165) is 27.6 Å². The van der Waals surface area contributed by atoms with E-state index in [2.05, 4.69) is 4.98 Å². The van der Waals surface area contributed by atoms with Crippen LogP contribution in [0.2, 0.25) is 5.02 Å². The fourth-order valence-electron chi connectivity index (χ4n) is 3.49. The van der Waals surface area contributed by atoms with Crippen molar-refractivity contribution in [3.05, 3.63) is 87.5 Å². The minimum absolute atomic E-state index is 0.00991. The zero-order chi connectivity index (χ0) is 22.6. The molecule has 0 fully saturated rings. The summed E-state index contributed by atoms with van der Waals surface area (Å²) in [5, 5.41) is 1.33. The molecular weight excluding hydrogens is 450 g/mol. The summed E-state index contributed by atoms with van der Waals surface area (Å²) in [5.41, 5.74) is 4.75. The normalized spacial score (nSPS) is 11.5. The lowest BCUT2D eigenvalue weighted by Gasteiger charge is -2.14. The molecule has 0 aliphatic heterocycles. The number of hydrogen-bond donors (Lipinski definition) is 0. The van der Waals surface area contributed by atoms with Gasteiger partial charge in [-0.15, -0.1) is 11.6 Å². The van der Waals surface area contributed by atoms with Crippen molar-refractivity contribution in [2.75, 3.05) is 19.2 Å². The molecule has 31 heavy (non-hydrogen) atoms. The summed E-state index contributed by atoms with van der Waals surface area (Å²) in [4.78, 5) is 20.8. The van der Waals surface area contributed by atoms with E-state index in [4.69, 9.17) is 28.2 Å². The number of alkyl halides is 1. The van der Waals surface area contributed by atoms with Crippen LogP contribution in [-0.2, 0) is 28.6 Å². The Balaban J connectivity index is 1.89. The lowest BCUT2D eigenvalue weighted by molar-refractivity contribution is -0.116. The highest BCUT2D eigenvalue weighted by Gasteiger charge is 2.17. The van der Waals surface area contributed by atoms with Crippen LogP contribution in [0.4, 0.5) is 0 Å². The van der Waals surface area contributed by atoms with E-state index in [-0.39, 0.29) is 11.7 Å². The van der Waals surface area contributed by atoms with Crippen LogP contribution in [0.3, 0.4) is 0 Å². The molecule has 1 heterocycles. The molecular formula is C24H25Cl2N2O2P. The van der Waals surface area contributed by atoms with Crippen LogP contribution < -0.4 is 5.30 Å². The summed E-state index contributed by atoms with van der Waals surface area (Å²) in [6.07, 6.45) is 2.95.